The van der Waals surface area contributed by atoms with Gasteiger partial charge in [0.1, 0.15) is 5.82 Å². The molecule has 2 aromatic carbocycles. The Kier molecular flexibility index (Phi) is 8.40. The summed E-state index contributed by atoms with van der Waals surface area (Å²) in [6.07, 6.45) is 6.49. The number of aliphatic imine (C=N–C) groups is 1. The van der Waals surface area contributed by atoms with Gasteiger partial charge in [-0.2, -0.15) is 0 Å². The summed E-state index contributed by atoms with van der Waals surface area (Å²) in [6.45, 7) is 10.5. The van der Waals surface area contributed by atoms with Crippen LogP contribution in [0.1, 0.15) is 46.1 Å². The van der Waals surface area contributed by atoms with Crippen molar-refractivity contribution in [2.75, 3.05) is 18.4 Å². The largest absolute Gasteiger partial charge is 0.350 e. The Morgan fingerprint density at radius 2 is 1.91 bits per heavy atom. The maximum atomic E-state index is 14.0. The van der Waals surface area contributed by atoms with Crippen LogP contribution in [0.4, 0.5) is 5.69 Å². The van der Waals surface area contributed by atoms with E-state index in [0.29, 0.717) is 65.4 Å². The Balaban J connectivity index is 1.24. The van der Waals surface area contributed by atoms with E-state index in [1.165, 1.54) is 6.42 Å². The van der Waals surface area contributed by atoms with Crippen molar-refractivity contribution in [2.45, 2.75) is 65.6 Å². The number of hydrogen-bond acceptors (Lipinski definition) is 5. The number of rotatable bonds is 6. The average Bonchev–Trinajstić information content (AvgIpc) is 3.05. The lowest BCUT2D eigenvalue weighted by Gasteiger charge is -2.61. The minimum atomic E-state index is -0.0919. The number of carbonyl (C=O) groups excluding carboxylic acids is 1. The molecule has 0 spiro atoms. The Labute approximate surface area is 284 Å². The maximum Gasteiger partial charge on any atom is 0.261 e. The molecular formula is C37H42BrN7O2. The molecule has 4 fully saturated rings. The highest BCUT2D eigenvalue weighted by Gasteiger charge is 2.56. The number of hydrogen-bond donors (Lipinski definition) is 2. The molecule has 9 nitrogen and oxygen atoms in total. The van der Waals surface area contributed by atoms with Crippen LogP contribution in [0.2, 0.25) is 0 Å². The van der Waals surface area contributed by atoms with Crippen molar-refractivity contribution in [3.63, 3.8) is 0 Å². The number of guanidine groups is 1. The number of aryl methyl sites for hydroxylation is 1. The van der Waals surface area contributed by atoms with Gasteiger partial charge in [-0.3, -0.25) is 19.1 Å². The number of piperazine rings is 1. The van der Waals surface area contributed by atoms with Gasteiger partial charge in [-0.05, 0) is 97.4 Å². The number of carbonyl (C=O) groups is 1. The molecule has 4 aromatic rings. The van der Waals surface area contributed by atoms with Crippen LogP contribution in [0.25, 0.3) is 22.3 Å². The first kappa shape index (κ1) is 31.5. The molecule has 3 aliphatic carbocycles. The molecule has 4 aliphatic rings. The summed E-state index contributed by atoms with van der Waals surface area (Å²) in [7, 11) is 0. The third-order valence-corrected chi connectivity index (χ3v) is 11.3. The van der Waals surface area contributed by atoms with Crippen LogP contribution in [-0.4, -0.2) is 56.5 Å². The third-order valence-electron chi connectivity index (χ3n) is 10.8. The van der Waals surface area contributed by atoms with Crippen molar-refractivity contribution in [1.82, 2.24) is 24.8 Å². The summed E-state index contributed by atoms with van der Waals surface area (Å²) in [5, 5.41) is 7.15. The van der Waals surface area contributed by atoms with Crippen molar-refractivity contribution in [3.05, 3.63) is 87.4 Å². The van der Waals surface area contributed by atoms with Gasteiger partial charge in [0.05, 0.1) is 23.5 Å². The third kappa shape index (κ3) is 6.20. The first-order valence-electron chi connectivity index (χ1n) is 16.7. The molecule has 3 heterocycles. The molecule has 0 radical (unpaired) electrons. The lowest BCUT2D eigenvalue weighted by molar-refractivity contribution is -0.124. The number of fused-ring (bicyclic) bond motifs is 3. The number of benzene rings is 2. The zero-order valence-corrected chi connectivity index (χ0v) is 29.0. The number of halogens is 1. The van der Waals surface area contributed by atoms with E-state index in [-0.39, 0.29) is 30.1 Å². The van der Waals surface area contributed by atoms with Crippen molar-refractivity contribution in [2.24, 2.45) is 28.2 Å². The van der Waals surface area contributed by atoms with E-state index < -0.39 is 0 Å². The molecule has 3 saturated carbocycles. The smallest absolute Gasteiger partial charge is 0.261 e. The van der Waals surface area contributed by atoms with Crippen LogP contribution in [0.3, 0.4) is 0 Å². The minimum absolute atomic E-state index is 0.00977. The quantitative estimate of drug-likeness (QED) is 0.186. The van der Waals surface area contributed by atoms with E-state index in [9.17, 15) is 9.59 Å². The Bertz CT molecular complexity index is 1890. The standard InChI is InChI=1S/C37H42BrN7O2/c1-22-20-44(21-33(46)40-22)36(43-31-17-26-16-30(23(31)2)37(26,3)4)41-28-11-12-29-32(18-28)42-34(25-6-5-14-39-19-25)45(35(29)47)15-13-24-7-9-27(38)10-8-24/h5-12,14,18-19,22-23,26,30-31H,13,15-17,20-21H2,1-4H3,(H,40,46)(H,41,43)/t22-,23-,26+,30-,31-/m0/s1. The SMILES string of the molecule is C[C@@H]1[C@@H](N=C(Nc2ccc3c(=O)n(CCc4ccc(Br)cc4)c(-c4cccnc4)nc3c2)N2CC(=O)N[C@@H](C)C2)C[C@H]2C[C@@H]1C2(C)C. The number of nitrogens with one attached hydrogen (secondary N) is 2. The van der Waals surface area contributed by atoms with E-state index in [2.05, 4.69) is 69.4 Å². The lowest BCUT2D eigenvalue weighted by Crippen LogP contribution is -2.58. The molecule has 10 heteroatoms. The van der Waals surface area contributed by atoms with Crippen LogP contribution in [-0.2, 0) is 17.8 Å². The summed E-state index contributed by atoms with van der Waals surface area (Å²) < 4.78 is 2.78. The van der Waals surface area contributed by atoms with Gasteiger partial charge in [0.25, 0.3) is 5.56 Å². The molecule has 2 aromatic heterocycles. The van der Waals surface area contributed by atoms with Crippen LogP contribution in [0.15, 0.2) is 81.3 Å². The molecule has 0 unspecified atom stereocenters. The fourth-order valence-corrected chi connectivity index (χ4v) is 8.25. The first-order chi connectivity index (χ1) is 22.6. The summed E-state index contributed by atoms with van der Waals surface area (Å²) in [4.78, 5) is 43.4. The van der Waals surface area contributed by atoms with Gasteiger partial charge >= 0.3 is 0 Å². The van der Waals surface area contributed by atoms with Gasteiger partial charge in [0, 0.05) is 47.2 Å². The number of nitrogens with zero attached hydrogens (tertiary/aromatic N) is 5. The summed E-state index contributed by atoms with van der Waals surface area (Å²) in [6, 6.07) is 17.8. The maximum absolute atomic E-state index is 14.0. The zero-order valence-electron chi connectivity index (χ0n) is 27.4. The molecule has 8 rings (SSSR count). The van der Waals surface area contributed by atoms with Gasteiger partial charge in [0.15, 0.2) is 5.96 Å². The fourth-order valence-electron chi connectivity index (χ4n) is 7.98. The van der Waals surface area contributed by atoms with Crippen molar-refractivity contribution >= 4 is 44.4 Å². The van der Waals surface area contributed by atoms with Crippen molar-refractivity contribution < 1.29 is 4.79 Å². The molecular weight excluding hydrogens is 654 g/mol. The molecule has 1 amide bonds. The Morgan fingerprint density at radius 3 is 2.62 bits per heavy atom. The number of aromatic nitrogens is 3. The molecule has 2 bridgehead atoms. The number of amides is 1. The van der Waals surface area contributed by atoms with Gasteiger partial charge < -0.3 is 15.5 Å². The van der Waals surface area contributed by atoms with Crippen molar-refractivity contribution in [3.8, 4) is 11.4 Å². The second-order valence-electron chi connectivity index (χ2n) is 14.2. The van der Waals surface area contributed by atoms with Gasteiger partial charge in [-0.1, -0.05) is 48.8 Å². The highest BCUT2D eigenvalue weighted by molar-refractivity contribution is 9.10. The van der Waals surface area contributed by atoms with Gasteiger partial charge in [-0.25, -0.2) is 9.98 Å². The summed E-state index contributed by atoms with van der Waals surface area (Å²) in [5.74, 6) is 3.06. The highest BCUT2D eigenvalue weighted by atomic mass is 79.9. The van der Waals surface area contributed by atoms with E-state index in [4.69, 9.17) is 9.98 Å². The molecule has 1 saturated heterocycles. The van der Waals surface area contributed by atoms with E-state index in [1.54, 1.807) is 17.0 Å². The molecule has 244 valence electrons. The predicted octanol–water partition coefficient (Wildman–Crippen LogP) is 6.12. The van der Waals surface area contributed by atoms with Crippen molar-refractivity contribution in [1.29, 1.82) is 0 Å². The Morgan fingerprint density at radius 1 is 1.11 bits per heavy atom. The van der Waals surface area contributed by atoms with Crippen LogP contribution < -0.4 is 16.2 Å². The van der Waals surface area contributed by atoms with E-state index >= 15 is 0 Å². The average molecular weight is 697 g/mol. The topological polar surface area (TPSA) is 105 Å². The predicted molar refractivity (Wildman–Crippen MR) is 190 cm³/mol. The van der Waals surface area contributed by atoms with Gasteiger partial charge in [-0.15, -0.1) is 0 Å². The number of pyridine rings is 1. The molecule has 5 atom stereocenters. The van der Waals surface area contributed by atoms with Crippen LogP contribution >= 0.6 is 15.9 Å². The molecule has 1 aliphatic heterocycles. The monoisotopic (exact) mass is 695 g/mol. The fraction of sp³-hybridized carbons (Fsp3) is 0.432. The van der Waals surface area contributed by atoms with E-state index in [1.807, 2.05) is 49.4 Å². The molecule has 2 N–H and O–H groups in total. The van der Waals surface area contributed by atoms with E-state index in [0.717, 1.165) is 27.7 Å². The summed E-state index contributed by atoms with van der Waals surface area (Å²) in [5.41, 5.74) is 3.56. The minimum Gasteiger partial charge on any atom is -0.350 e. The number of anilines is 1. The highest BCUT2D eigenvalue weighted by Crippen LogP contribution is 2.61. The zero-order chi connectivity index (χ0) is 32.9. The first-order valence-corrected chi connectivity index (χ1v) is 17.4. The van der Waals surface area contributed by atoms with Crippen LogP contribution in [0, 0.1) is 23.2 Å². The van der Waals surface area contributed by atoms with Gasteiger partial charge in [0.2, 0.25) is 5.91 Å². The summed E-state index contributed by atoms with van der Waals surface area (Å²) >= 11 is 3.50. The lowest BCUT2D eigenvalue weighted by atomic mass is 9.45. The Hall–Kier alpha value is -4.05. The van der Waals surface area contributed by atoms with Crippen LogP contribution in [0.5, 0.6) is 0 Å². The normalized spacial score (nSPS) is 25.3. The second kappa shape index (κ2) is 12.5. The molecule has 47 heavy (non-hydrogen) atoms. The second-order valence-corrected chi connectivity index (χ2v) is 15.1.